The lowest BCUT2D eigenvalue weighted by Gasteiger charge is -2.14. The Labute approximate surface area is 85.0 Å². The van der Waals surface area contributed by atoms with Gasteiger partial charge in [0.1, 0.15) is 0 Å². The number of aliphatic imine (C=N–C) groups is 1. The molecule has 0 amide bonds. The van der Waals surface area contributed by atoms with Crippen LogP contribution in [-0.2, 0) is 0 Å². The Morgan fingerprint density at radius 2 is 2.46 bits per heavy atom. The van der Waals surface area contributed by atoms with E-state index in [9.17, 15) is 0 Å². The standard InChI is InChI=1S/C9H8N2S2/c1-4-12-5-7(1)8-6-13-9-10-2-3-11(8)9/h1,4-6H,2-3H2. The molecule has 0 fully saturated rings. The van der Waals surface area contributed by atoms with Gasteiger partial charge in [0, 0.05) is 22.9 Å². The van der Waals surface area contributed by atoms with Crippen LogP contribution in [0, 0.1) is 0 Å². The van der Waals surface area contributed by atoms with Gasteiger partial charge >= 0.3 is 0 Å². The Hall–Kier alpha value is -0.740. The Morgan fingerprint density at radius 3 is 3.31 bits per heavy atom. The van der Waals surface area contributed by atoms with Crippen LogP contribution in [0.25, 0.3) is 5.70 Å². The second kappa shape index (κ2) is 2.89. The number of amidine groups is 1. The predicted octanol–water partition coefficient (Wildman–Crippen LogP) is 2.46. The number of thioether (sulfide) groups is 1. The van der Waals surface area contributed by atoms with Gasteiger partial charge in [-0.2, -0.15) is 11.3 Å². The van der Waals surface area contributed by atoms with Crippen molar-refractivity contribution in [3.8, 4) is 0 Å². The van der Waals surface area contributed by atoms with Gasteiger partial charge in [-0.25, -0.2) is 0 Å². The normalized spacial score (nSPS) is 20.2. The van der Waals surface area contributed by atoms with Crippen LogP contribution in [-0.4, -0.2) is 23.2 Å². The number of hydrogen-bond donors (Lipinski definition) is 0. The topological polar surface area (TPSA) is 15.6 Å². The van der Waals surface area contributed by atoms with Gasteiger partial charge in [-0.3, -0.25) is 4.99 Å². The first-order valence-corrected chi connectivity index (χ1v) is 5.99. The summed E-state index contributed by atoms with van der Waals surface area (Å²) in [6.45, 7) is 1.99. The summed E-state index contributed by atoms with van der Waals surface area (Å²) in [5.41, 5.74) is 2.65. The largest absolute Gasteiger partial charge is 0.318 e. The molecular formula is C9H8N2S2. The minimum absolute atomic E-state index is 0.948. The minimum Gasteiger partial charge on any atom is -0.318 e. The molecule has 0 N–H and O–H groups in total. The van der Waals surface area contributed by atoms with E-state index in [1.54, 1.807) is 23.1 Å². The van der Waals surface area contributed by atoms with Crippen molar-refractivity contribution in [1.29, 1.82) is 0 Å². The third-order valence-electron chi connectivity index (χ3n) is 2.19. The number of fused-ring (bicyclic) bond motifs is 1. The fourth-order valence-corrected chi connectivity index (χ4v) is 3.17. The van der Waals surface area contributed by atoms with Crippen molar-refractivity contribution in [3.05, 3.63) is 27.8 Å². The van der Waals surface area contributed by atoms with E-state index >= 15 is 0 Å². The van der Waals surface area contributed by atoms with E-state index < -0.39 is 0 Å². The number of hydrogen-bond acceptors (Lipinski definition) is 4. The van der Waals surface area contributed by atoms with Gasteiger partial charge in [-0.05, 0) is 11.4 Å². The van der Waals surface area contributed by atoms with E-state index in [1.807, 2.05) is 0 Å². The second-order valence-corrected chi connectivity index (χ2v) is 4.57. The van der Waals surface area contributed by atoms with Crippen LogP contribution in [0.5, 0.6) is 0 Å². The highest BCUT2D eigenvalue weighted by Gasteiger charge is 2.26. The number of rotatable bonds is 1. The Morgan fingerprint density at radius 1 is 1.46 bits per heavy atom. The van der Waals surface area contributed by atoms with Crippen LogP contribution in [0.15, 0.2) is 27.2 Å². The van der Waals surface area contributed by atoms with Crippen LogP contribution < -0.4 is 0 Å². The highest BCUT2D eigenvalue weighted by molar-refractivity contribution is 8.16. The smallest absolute Gasteiger partial charge is 0.168 e. The highest BCUT2D eigenvalue weighted by Crippen LogP contribution is 2.35. The monoisotopic (exact) mass is 208 g/mol. The third-order valence-corrected chi connectivity index (χ3v) is 3.77. The maximum Gasteiger partial charge on any atom is 0.168 e. The first-order valence-electron chi connectivity index (χ1n) is 4.16. The first kappa shape index (κ1) is 7.64. The van der Waals surface area contributed by atoms with E-state index in [2.05, 4.69) is 32.1 Å². The van der Waals surface area contributed by atoms with E-state index in [0.29, 0.717) is 0 Å². The third kappa shape index (κ3) is 1.13. The van der Waals surface area contributed by atoms with Gasteiger partial charge in [0.05, 0.1) is 12.2 Å². The summed E-state index contributed by atoms with van der Waals surface area (Å²) in [5, 5.41) is 7.67. The van der Waals surface area contributed by atoms with Crippen LogP contribution in [0.1, 0.15) is 5.56 Å². The lowest BCUT2D eigenvalue weighted by Crippen LogP contribution is -2.19. The maximum atomic E-state index is 4.41. The summed E-state index contributed by atoms with van der Waals surface area (Å²) in [6, 6.07) is 2.16. The molecule has 4 heteroatoms. The van der Waals surface area contributed by atoms with Crippen molar-refractivity contribution in [3.63, 3.8) is 0 Å². The van der Waals surface area contributed by atoms with Crippen LogP contribution in [0.4, 0.5) is 0 Å². The van der Waals surface area contributed by atoms with Gasteiger partial charge in [-0.1, -0.05) is 11.8 Å². The minimum atomic E-state index is 0.948. The number of thiophene rings is 1. The summed E-state index contributed by atoms with van der Waals surface area (Å²) in [5.74, 6) is 0. The van der Waals surface area contributed by atoms with Gasteiger partial charge in [0.25, 0.3) is 0 Å². The molecule has 0 spiro atoms. The molecule has 66 valence electrons. The molecule has 0 bridgehead atoms. The molecule has 2 nitrogen and oxygen atoms in total. The molecule has 3 heterocycles. The highest BCUT2D eigenvalue weighted by atomic mass is 32.2. The van der Waals surface area contributed by atoms with E-state index in [4.69, 9.17) is 0 Å². The summed E-state index contributed by atoms with van der Waals surface area (Å²) >= 11 is 3.48. The molecule has 1 aromatic heterocycles. The van der Waals surface area contributed by atoms with Crippen LogP contribution in [0.2, 0.25) is 0 Å². The van der Waals surface area contributed by atoms with Crippen molar-refractivity contribution in [2.75, 3.05) is 13.1 Å². The van der Waals surface area contributed by atoms with Gasteiger partial charge < -0.3 is 4.90 Å². The molecule has 2 aliphatic heterocycles. The lowest BCUT2D eigenvalue weighted by molar-refractivity contribution is 0.650. The van der Waals surface area contributed by atoms with Gasteiger partial charge in [-0.15, -0.1) is 0 Å². The first-order chi connectivity index (χ1) is 6.45. The van der Waals surface area contributed by atoms with Crippen molar-refractivity contribution >= 4 is 34.0 Å². The van der Waals surface area contributed by atoms with Crippen molar-refractivity contribution in [2.45, 2.75) is 0 Å². The molecule has 3 rings (SSSR count). The molecule has 0 atom stereocenters. The maximum absolute atomic E-state index is 4.41. The second-order valence-electron chi connectivity index (χ2n) is 2.95. The van der Waals surface area contributed by atoms with Crippen molar-refractivity contribution in [1.82, 2.24) is 4.90 Å². The molecule has 0 saturated carbocycles. The summed E-state index contributed by atoms with van der Waals surface area (Å²) < 4.78 is 0. The van der Waals surface area contributed by atoms with Crippen molar-refractivity contribution in [2.24, 2.45) is 4.99 Å². The Bertz CT molecular complexity index is 378. The average molecular weight is 208 g/mol. The van der Waals surface area contributed by atoms with Crippen LogP contribution in [0.3, 0.4) is 0 Å². The summed E-state index contributed by atoms with van der Waals surface area (Å²) in [6.07, 6.45) is 0. The van der Waals surface area contributed by atoms with E-state index in [0.717, 1.165) is 13.1 Å². The quantitative estimate of drug-likeness (QED) is 0.704. The molecule has 0 aromatic carbocycles. The molecule has 0 aliphatic carbocycles. The fraction of sp³-hybridized carbons (Fsp3) is 0.222. The molecule has 0 unspecified atom stereocenters. The molecule has 13 heavy (non-hydrogen) atoms. The fourth-order valence-electron chi connectivity index (χ4n) is 1.56. The predicted molar refractivity (Wildman–Crippen MR) is 58.9 cm³/mol. The van der Waals surface area contributed by atoms with Gasteiger partial charge in [0.15, 0.2) is 5.17 Å². The average Bonchev–Trinajstić information content (AvgIpc) is 2.79. The molecule has 2 aliphatic rings. The summed E-state index contributed by atoms with van der Waals surface area (Å²) in [7, 11) is 0. The zero-order valence-corrected chi connectivity index (χ0v) is 8.57. The molecule has 0 radical (unpaired) electrons. The molecule has 0 saturated heterocycles. The van der Waals surface area contributed by atoms with Gasteiger partial charge in [0.2, 0.25) is 0 Å². The SMILES string of the molecule is C1=C(c2ccsc2)N2CCN=C2S1. The summed E-state index contributed by atoms with van der Waals surface area (Å²) in [4.78, 5) is 6.71. The zero-order chi connectivity index (χ0) is 8.67. The molecule has 1 aromatic rings. The van der Waals surface area contributed by atoms with E-state index in [-0.39, 0.29) is 0 Å². The Balaban J connectivity index is 1.98. The molecular weight excluding hydrogens is 200 g/mol. The number of nitrogens with zero attached hydrogens (tertiary/aromatic N) is 2. The Kier molecular flexibility index (Phi) is 1.70. The van der Waals surface area contributed by atoms with Crippen molar-refractivity contribution < 1.29 is 0 Å². The van der Waals surface area contributed by atoms with E-state index in [1.165, 1.54) is 16.4 Å². The lowest BCUT2D eigenvalue weighted by atomic mass is 10.2. The van der Waals surface area contributed by atoms with Crippen LogP contribution >= 0.6 is 23.1 Å². The zero-order valence-electron chi connectivity index (χ0n) is 6.93.